The van der Waals surface area contributed by atoms with Crippen LogP contribution >= 0.6 is 0 Å². The first-order valence-electron chi connectivity index (χ1n) is 6.39. The van der Waals surface area contributed by atoms with Gasteiger partial charge in [0.1, 0.15) is 5.60 Å². The van der Waals surface area contributed by atoms with Crippen molar-refractivity contribution < 1.29 is 9.47 Å². The highest BCUT2D eigenvalue weighted by atomic mass is 16.5. The summed E-state index contributed by atoms with van der Waals surface area (Å²) in [6.45, 7) is 6.09. The summed E-state index contributed by atoms with van der Waals surface area (Å²) in [5.74, 6) is 2.36. The molecule has 0 saturated heterocycles. The lowest BCUT2D eigenvalue weighted by atomic mass is 10.2. The average molecular weight is 250 g/mol. The number of hydrogen-bond donors (Lipinski definition) is 0. The van der Waals surface area contributed by atoms with Crippen LogP contribution in [-0.2, 0) is 0 Å². The van der Waals surface area contributed by atoms with Gasteiger partial charge in [0, 0.05) is 26.4 Å². The molecule has 0 amide bonds. The minimum atomic E-state index is -0.243. The van der Waals surface area contributed by atoms with Crippen molar-refractivity contribution in [3.05, 3.63) is 12.3 Å². The van der Waals surface area contributed by atoms with E-state index in [4.69, 9.17) is 9.47 Å². The van der Waals surface area contributed by atoms with Gasteiger partial charge in [-0.05, 0) is 33.6 Å². The Morgan fingerprint density at radius 3 is 2.44 bits per heavy atom. The van der Waals surface area contributed by atoms with Gasteiger partial charge in [-0.15, -0.1) is 0 Å². The van der Waals surface area contributed by atoms with E-state index in [1.54, 1.807) is 6.20 Å². The van der Waals surface area contributed by atoms with E-state index in [1.807, 2.05) is 45.8 Å². The van der Waals surface area contributed by atoms with Gasteiger partial charge in [0.15, 0.2) is 11.6 Å². The largest absolute Gasteiger partial charge is 0.484 e. The molecule has 0 spiro atoms. The summed E-state index contributed by atoms with van der Waals surface area (Å²) in [5.41, 5.74) is -0.243. The van der Waals surface area contributed by atoms with Gasteiger partial charge in [-0.1, -0.05) is 0 Å². The fourth-order valence-corrected chi connectivity index (χ4v) is 1.61. The Kier molecular flexibility index (Phi) is 3.37. The van der Waals surface area contributed by atoms with Gasteiger partial charge >= 0.3 is 0 Å². The molecule has 0 N–H and O–H groups in total. The fraction of sp³-hybridized carbons (Fsp3) is 0.643. The SMILES string of the molecule is CN(C)c1nccc(OC(C)(C)C)c1OC1CC1. The van der Waals surface area contributed by atoms with E-state index in [9.17, 15) is 0 Å². The third-order valence-corrected chi connectivity index (χ3v) is 2.50. The summed E-state index contributed by atoms with van der Waals surface area (Å²) in [6, 6.07) is 1.87. The smallest absolute Gasteiger partial charge is 0.204 e. The maximum Gasteiger partial charge on any atom is 0.204 e. The van der Waals surface area contributed by atoms with Crippen molar-refractivity contribution >= 4 is 5.82 Å². The van der Waals surface area contributed by atoms with E-state index in [1.165, 1.54) is 0 Å². The van der Waals surface area contributed by atoms with E-state index in [0.29, 0.717) is 6.10 Å². The molecule has 1 aliphatic carbocycles. The van der Waals surface area contributed by atoms with Gasteiger partial charge < -0.3 is 14.4 Å². The van der Waals surface area contributed by atoms with Crippen LogP contribution in [0.2, 0.25) is 0 Å². The van der Waals surface area contributed by atoms with Gasteiger partial charge in [-0.2, -0.15) is 0 Å². The number of hydrogen-bond acceptors (Lipinski definition) is 4. The van der Waals surface area contributed by atoms with Crippen LogP contribution in [0.1, 0.15) is 33.6 Å². The topological polar surface area (TPSA) is 34.6 Å². The van der Waals surface area contributed by atoms with Gasteiger partial charge in [-0.3, -0.25) is 0 Å². The first kappa shape index (κ1) is 13.0. The standard InChI is InChI=1S/C14H22N2O2/c1-14(2,3)18-11-8-9-15-13(16(4)5)12(11)17-10-6-7-10/h8-10H,6-7H2,1-5H3. The number of anilines is 1. The Hall–Kier alpha value is -1.45. The molecule has 0 bridgehead atoms. The van der Waals surface area contributed by atoms with E-state index in [2.05, 4.69) is 4.98 Å². The molecule has 0 radical (unpaired) electrons. The summed E-state index contributed by atoms with van der Waals surface area (Å²) >= 11 is 0. The third kappa shape index (κ3) is 3.28. The van der Waals surface area contributed by atoms with Crippen LogP contribution in [0.25, 0.3) is 0 Å². The molecule has 2 rings (SSSR count). The summed E-state index contributed by atoms with van der Waals surface area (Å²) < 4.78 is 11.9. The first-order chi connectivity index (χ1) is 8.37. The molecule has 1 saturated carbocycles. The number of aromatic nitrogens is 1. The lowest BCUT2D eigenvalue weighted by Gasteiger charge is -2.25. The molecule has 0 aliphatic heterocycles. The Morgan fingerprint density at radius 1 is 1.28 bits per heavy atom. The summed E-state index contributed by atoms with van der Waals surface area (Å²) in [5, 5.41) is 0. The van der Waals surface area contributed by atoms with Crippen LogP contribution in [0.5, 0.6) is 11.5 Å². The second-order valence-electron chi connectivity index (χ2n) is 5.89. The monoisotopic (exact) mass is 250 g/mol. The molecule has 4 nitrogen and oxygen atoms in total. The molecule has 1 aromatic rings. The molecular weight excluding hydrogens is 228 g/mol. The number of nitrogens with zero attached hydrogens (tertiary/aromatic N) is 2. The minimum Gasteiger partial charge on any atom is -0.484 e. The van der Waals surface area contributed by atoms with Crippen LogP contribution in [0, 0.1) is 0 Å². The highest BCUT2D eigenvalue weighted by Crippen LogP contribution is 2.40. The van der Waals surface area contributed by atoms with Crippen molar-refractivity contribution in [2.75, 3.05) is 19.0 Å². The average Bonchev–Trinajstić information content (AvgIpc) is 3.01. The maximum atomic E-state index is 5.97. The zero-order valence-corrected chi connectivity index (χ0v) is 11.9. The number of ether oxygens (including phenoxy) is 2. The Balaban J connectivity index is 2.33. The molecule has 1 aromatic heterocycles. The number of pyridine rings is 1. The molecule has 18 heavy (non-hydrogen) atoms. The molecule has 0 atom stereocenters. The predicted octanol–water partition coefficient (Wildman–Crippen LogP) is 2.87. The van der Waals surface area contributed by atoms with E-state index >= 15 is 0 Å². The van der Waals surface area contributed by atoms with Crippen LogP contribution < -0.4 is 14.4 Å². The Bertz CT molecular complexity index is 420. The van der Waals surface area contributed by atoms with Crippen LogP contribution in [0.3, 0.4) is 0 Å². The van der Waals surface area contributed by atoms with Crippen molar-refractivity contribution in [3.63, 3.8) is 0 Å². The third-order valence-electron chi connectivity index (χ3n) is 2.50. The normalized spacial score (nSPS) is 15.4. The zero-order valence-electron chi connectivity index (χ0n) is 11.9. The summed E-state index contributed by atoms with van der Waals surface area (Å²) in [6.07, 6.45) is 4.33. The molecule has 4 heteroatoms. The van der Waals surface area contributed by atoms with Crippen molar-refractivity contribution in [3.8, 4) is 11.5 Å². The number of rotatable bonds is 4. The van der Waals surface area contributed by atoms with Crippen molar-refractivity contribution in [2.24, 2.45) is 0 Å². The van der Waals surface area contributed by atoms with Crippen LogP contribution in [-0.4, -0.2) is 30.8 Å². The fourth-order valence-electron chi connectivity index (χ4n) is 1.61. The lowest BCUT2D eigenvalue weighted by Crippen LogP contribution is -2.24. The maximum absolute atomic E-state index is 5.97. The summed E-state index contributed by atoms with van der Waals surface area (Å²) in [4.78, 5) is 6.32. The van der Waals surface area contributed by atoms with Gasteiger partial charge in [-0.25, -0.2) is 4.98 Å². The molecular formula is C14H22N2O2. The van der Waals surface area contributed by atoms with Crippen LogP contribution in [0.4, 0.5) is 5.82 Å². The Labute approximate surface area is 109 Å². The van der Waals surface area contributed by atoms with E-state index in [0.717, 1.165) is 30.2 Å². The molecule has 100 valence electrons. The molecule has 1 fully saturated rings. The van der Waals surface area contributed by atoms with Crippen molar-refractivity contribution in [1.82, 2.24) is 4.98 Å². The molecule has 1 heterocycles. The van der Waals surface area contributed by atoms with E-state index in [-0.39, 0.29) is 5.60 Å². The Morgan fingerprint density at radius 2 is 1.94 bits per heavy atom. The highest BCUT2D eigenvalue weighted by Gasteiger charge is 2.28. The quantitative estimate of drug-likeness (QED) is 0.823. The van der Waals surface area contributed by atoms with Crippen molar-refractivity contribution in [1.29, 1.82) is 0 Å². The van der Waals surface area contributed by atoms with Gasteiger partial charge in [0.05, 0.1) is 6.10 Å². The van der Waals surface area contributed by atoms with Crippen LogP contribution in [0.15, 0.2) is 12.3 Å². The van der Waals surface area contributed by atoms with Gasteiger partial charge in [0.2, 0.25) is 5.75 Å². The second-order valence-corrected chi connectivity index (χ2v) is 5.89. The molecule has 0 aromatic carbocycles. The highest BCUT2D eigenvalue weighted by molar-refractivity contribution is 5.59. The molecule has 1 aliphatic rings. The molecule has 0 unspecified atom stereocenters. The summed E-state index contributed by atoms with van der Waals surface area (Å²) in [7, 11) is 3.92. The first-order valence-corrected chi connectivity index (χ1v) is 6.39. The lowest BCUT2D eigenvalue weighted by molar-refractivity contribution is 0.122. The van der Waals surface area contributed by atoms with Gasteiger partial charge in [0.25, 0.3) is 0 Å². The van der Waals surface area contributed by atoms with E-state index < -0.39 is 0 Å². The predicted molar refractivity (Wildman–Crippen MR) is 72.6 cm³/mol. The zero-order chi connectivity index (χ0) is 13.3. The second kappa shape index (κ2) is 4.67. The minimum absolute atomic E-state index is 0.243. The van der Waals surface area contributed by atoms with Crippen molar-refractivity contribution in [2.45, 2.75) is 45.3 Å².